The molecule has 58 valence electrons. The first-order chi connectivity index (χ1) is 4.57. The molecule has 1 amide bonds. The van der Waals surface area contributed by atoms with Crippen LogP contribution in [0.1, 0.15) is 6.92 Å². The summed E-state index contributed by atoms with van der Waals surface area (Å²) < 4.78 is 0. The molecule has 2 N–H and O–H groups in total. The van der Waals surface area contributed by atoms with E-state index in [4.69, 9.17) is 5.11 Å². The fourth-order valence-corrected chi connectivity index (χ4v) is 0.987. The van der Waals surface area contributed by atoms with Crippen molar-refractivity contribution < 1.29 is 15.0 Å². The van der Waals surface area contributed by atoms with E-state index in [1.807, 2.05) is 0 Å². The molecule has 0 aromatic carbocycles. The lowest BCUT2D eigenvalue weighted by atomic mass is 9.95. The van der Waals surface area contributed by atoms with Crippen LogP contribution >= 0.6 is 0 Å². The van der Waals surface area contributed by atoms with Crippen LogP contribution in [0.5, 0.6) is 0 Å². The Balaban J connectivity index is 2.36. The Labute approximate surface area is 59.1 Å². The minimum absolute atomic E-state index is 0.0573. The van der Waals surface area contributed by atoms with Crippen LogP contribution in [0, 0.1) is 0 Å². The summed E-state index contributed by atoms with van der Waals surface area (Å²) >= 11 is 0. The molecule has 0 aliphatic carbocycles. The Kier molecular flexibility index (Phi) is 1.66. The molecule has 0 aromatic heterocycles. The number of β-amino-alcohol motifs (C(OH)–C–C–N with tert-alkyl or cyclic N) is 1. The maximum atomic E-state index is 10.6. The second-order valence-corrected chi connectivity index (χ2v) is 2.76. The van der Waals surface area contributed by atoms with Crippen LogP contribution in [-0.4, -0.2) is 46.3 Å². The molecule has 0 bridgehead atoms. The molecule has 1 aliphatic heterocycles. The van der Waals surface area contributed by atoms with Gasteiger partial charge in [0.15, 0.2) is 0 Å². The van der Waals surface area contributed by atoms with E-state index in [1.165, 1.54) is 11.8 Å². The SMILES string of the molecule is CC(=O)N1CC(O)(CO)C1. The van der Waals surface area contributed by atoms with E-state index in [9.17, 15) is 9.90 Å². The number of carbonyl (C=O) groups is 1. The highest BCUT2D eigenvalue weighted by Crippen LogP contribution is 2.19. The van der Waals surface area contributed by atoms with Crippen molar-refractivity contribution in [3.05, 3.63) is 0 Å². The summed E-state index contributed by atoms with van der Waals surface area (Å²) in [5, 5.41) is 17.8. The van der Waals surface area contributed by atoms with Crippen molar-refractivity contribution in [1.29, 1.82) is 0 Å². The van der Waals surface area contributed by atoms with Crippen LogP contribution in [0.3, 0.4) is 0 Å². The minimum atomic E-state index is -1.02. The van der Waals surface area contributed by atoms with Crippen LogP contribution in [-0.2, 0) is 4.79 Å². The Morgan fingerprint density at radius 1 is 1.70 bits per heavy atom. The third-order valence-electron chi connectivity index (χ3n) is 1.71. The molecular weight excluding hydrogens is 134 g/mol. The van der Waals surface area contributed by atoms with E-state index in [0.717, 1.165) is 0 Å². The number of hydrogen-bond donors (Lipinski definition) is 2. The fraction of sp³-hybridized carbons (Fsp3) is 0.833. The van der Waals surface area contributed by atoms with Gasteiger partial charge in [0.25, 0.3) is 0 Å². The predicted octanol–water partition coefficient (Wildman–Crippen LogP) is -1.43. The third kappa shape index (κ3) is 1.12. The first-order valence-electron chi connectivity index (χ1n) is 3.16. The van der Waals surface area contributed by atoms with Crippen molar-refractivity contribution in [2.24, 2.45) is 0 Å². The van der Waals surface area contributed by atoms with Gasteiger partial charge in [0, 0.05) is 6.92 Å². The quantitative estimate of drug-likeness (QED) is 0.475. The highest BCUT2D eigenvalue weighted by molar-refractivity contribution is 5.74. The first kappa shape index (κ1) is 7.50. The molecule has 1 saturated heterocycles. The molecule has 0 saturated carbocycles. The average molecular weight is 145 g/mol. The highest BCUT2D eigenvalue weighted by Gasteiger charge is 2.41. The molecule has 1 aliphatic rings. The summed E-state index contributed by atoms with van der Waals surface area (Å²) in [4.78, 5) is 12.0. The largest absolute Gasteiger partial charge is 0.393 e. The van der Waals surface area contributed by atoms with Crippen LogP contribution in [0.25, 0.3) is 0 Å². The normalized spacial score (nSPS) is 22.1. The molecule has 1 rings (SSSR count). The van der Waals surface area contributed by atoms with E-state index < -0.39 is 5.60 Å². The third-order valence-corrected chi connectivity index (χ3v) is 1.71. The summed E-state index contributed by atoms with van der Waals surface area (Å²) in [5.41, 5.74) is -1.02. The van der Waals surface area contributed by atoms with Gasteiger partial charge in [-0.25, -0.2) is 0 Å². The van der Waals surface area contributed by atoms with Crippen LogP contribution < -0.4 is 0 Å². The highest BCUT2D eigenvalue weighted by atomic mass is 16.3. The van der Waals surface area contributed by atoms with Gasteiger partial charge in [-0.1, -0.05) is 0 Å². The smallest absolute Gasteiger partial charge is 0.219 e. The molecule has 0 spiro atoms. The number of aliphatic hydroxyl groups excluding tert-OH is 1. The topological polar surface area (TPSA) is 60.8 Å². The van der Waals surface area contributed by atoms with Crippen molar-refractivity contribution in [2.45, 2.75) is 12.5 Å². The fourth-order valence-electron chi connectivity index (χ4n) is 0.987. The predicted molar refractivity (Wildman–Crippen MR) is 34.3 cm³/mol. The Bertz CT molecular complexity index is 151. The zero-order valence-electron chi connectivity index (χ0n) is 5.87. The van der Waals surface area contributed by atoms with Crippen LogP contribution in [0.15, 0.2) is 0 Å². The second kappa shape index (κ2) is 2.21. The Hall–Kier alpha value is -0.610. The van der Waals surface area contributed by atoms with Crippen molar-refractivity contribution in [2.75, 3.05) is 19.7 Å². The van der Waals surface area contributed by atoms with E-state index in [0.29, 0.717) is 0 Å². The monoisotopic (exact) mass is 145 g/mol. The van der Waals surface area contributed by atoms with Gasteiger partial charge in [-0.15, -0.1) is 0 Å². The summed E-state index contributed by atoms with van der Waals surface area (Å²) in [5.74, 6) is -0.0573. The average Bonchev–Trinajstić information content (AvgIpc) is 1.80. The van der Waals surface area contributed by atoms with E-state index >= 15 is 0 Å². The van der Waals surface area contributed by atoms with Crippen LogP contribution in [0.4, 0.5) is 0 Å². The molecule has 4 heteroatoms. The first-order valence-corrected chi connectivity index (χ1v) is 3.16. The van der Waals surface area contributed by atoms with Gasteiger partial charge >= 0.3 is 0 Å². The second-order valence-electron chi connectivity index (χ2n) is 2.76. The van der Waals surface area contributed by atoms with E-state index in [1.54, 1.807) is 0 Å². The standard InChI is InChI=1S/C6H11NO3/c1-5(9)7-2-6(10,3-7)4-8/h8,10H,2-4H2,1H3. The number of likely N-dealkylation sites (tertiary alicyclic amines) is 1. The maximum absolute atomic E-state index is 10.6. The van der Waals surface area contributed by atoms with Gasteiger partial charge in [-0.3, -0.25) is 4.79 Å². The number of nitrogens with zero attached hydrogens (tertiary/aromatic N) is 1. The summed E-state index contributed by atoms with van der Waals surface area (Å²) in [6.45, 7) is 1.70. The Morgan fingerprint density at radius 3 is 2.50 bits per heavy atom. The van der Waals surface area contributed by atoms with Gasteiger partial charge < -0.3 is 15.1 Å². The molecule has 4 nitrogen and oxygen atoms in total. The summed E-state index contributed by atoms with van der Waals surface area (Å²) in [7, 11) is 0. The molecular formula is C6H11NO3. The van der Waals surface area contributed by atoms with Crippen molar-refractivity contribution in [3.63, 3.8) is 0 Å². The van der Waals surface area contributed by atoms with E-state index in [2.05, 4.69) is 0 Å². The van der Waals surface area contributed by atoms with Crippen molar-refractivity contribution >= 4 is 5.91 Å². The van der Waals surface area contributed by atoms with Gasteiger partial charge in [0.2, 0.25) is 5.91 Å². The zero-order valence-corrected chi connectivity index (χ0v) is 5.87. The van der Waals surface area contributed by atoms with Gasteiger partial charge in [0.1, 0.15) is 5.60 Å². The molecule has 0 atom stereocenters. The summed E-state index contributed by atoms with van der Waals surface area (Å²) in [6, 6.07) is 0. The van der Waals surface area contributed by atoms with Gasteiger partial charge in [-0.05, 0) is 0 Å². The van der Waals surface area contributed by atoms with E-state index in [-0.39, 0.29) is 25.6 Å². The lowest BCUT2D eigenvalue weighted by Gasteiger charge is -2.44. The van der Waals surface area contributed by atoms with Crippen molar-refractivity contribution in [3.8, 4) is 0 Å². The molecule has 1 heterocycles. The number of aliphatic hydroxyl groups is 2. The zero-order chi connectivity index (χ0) is 7.78. The van der Waals surface area contributed by atoms with Gasteiger partial charge in [-0.2, -0.15) is 0 Å². The summed E-state index contributed by atoms with van der Waals surface area (Å²) in [6.07, 6.45) is 0. The van der Waals surface area contributed by atoms with Gasteiger partial charge in [0.05, 0.1) is 19.7 Å². The molecule has 10 heavy (non-hydrogen) atoms. The number of amides is 1. The Morgan fingerprint density at radius 2 is 2.20 bits per heavy atom. The molecule has 0 aromatic rings. The van der Waals surface area contributed by atoms with Crippen molar-refractivity contribution in [1.82, 2.24) is 4.90 Å². The molecule has 0 radical (unpaired) electrons. The maximum Gasteiger partial charge on any atom is 0.219 e. The number of carbonyl (C=O) groups excluding carboxylic acids is 1. The number of hydrogen-bond acceptors (Lipinski definition) is 3. The lowest BCUT2D eigenvalue weighted by Crippen LogP contribution is -2.64. The lowest BCUT2D eigenvalue weighted by molar-refractivity contribution is -0.160. The molecule has 1 fully saturated rings. The van der Waals surface area contributed by atoms with Crippen LogP contribution in [0.2, 0.25) is 0 Å². The minimum Gasteiger partial charge on any atom is -0.393 e. The number of rotatable bonds is 1. The molecule has 0 unspecified atom stereocenters.